The van der Waals surface area contributed by atoms with E-state index in [1.807, 2.05) is 0 Å². The number of halogens is 3. The van der Waals surface area contributed by atoms with E-state index in [2.05, 4.69) is 4.98 Å². The summed E-state index contributed by atoms with van der Waals surface area (Å²) in [7, 11) is 0. The Morgan fingerprint density at radius 1 is 1.50 bits per heavy atom. The molecule has 0 spiro atoms. The number of thiazole rings is 1. The van der Waals surface area contributed by atoms with Crippen molar-refractivity contribution in [2.24, 2.45) is 5.73 Å². The largest absolute Gasteiger partial charge is 0.406 e. The van der Waals surface area contributed by atoms with Gasteiger partial charge in [-0.3, -0.25) is 0 Å². The van der Waals surface area contributed by atoms with E-state index < -0.39 is 12.7 Å². The normalized spacial score (nSPS) is 12.2. The zero-order chi connectivity index (χ0) is 12.3. The Labute approximate surface area is 96.1 Å². The van der Waals surface area contributed by atoms with Crippen molar-refractivity contribution in [3.8, 4) is 0 Å². The third-order valence-corrected chi connectivity index (χ3v) is 2.89. The summed E-state index contributed by atoms with van der Waals surface area (Å²) in [6.07, 6.45) is -4.22. The van der Waals surface area contributed by atoms with Gasteiger partial charge in [0, 0.05) is 18.0 Å². The molecule has 0 atom stereocenters. The van der Waals surface area contributed by atoms with Gasteiger partial charge in [0.1, 0.15) is 6.54 Å². The van der Waals surface area contributed by atoms with E-state index >= 15 is 0 Å². The fraction of sp³-hybridized carbons (Fsp3) is 0.667. The second-order valence-corrected chi connectivity index (χ2v) is 4.50. The van der Waals surface area contributed by atoms with Gasteiger partial charge in [0.2, 0.25) is 0 Å². The lowest BCUT2D eigenvalue weighted by Gasteiger charge is -2.26. The molecule has 1 aromatic heterocycles. The molecule has 7 heteroatoms. The molecule has 0 saturated heterocycles. The quantitative estimate of drug-likeness (QED) is 0.895. The fourth-order valence-corrected chi connectivity index (χ4v) is 2.16. The topological polar surface area (TPSA) is 42.2 Å². The summed E-state index contributed by atoms with van der Waals surface area (Å²) >= 11 is 1.19. The van der Waals surface area contributed by atoms with Crippen molar-refractivity contribution in [2.45, 2.75) is 32.6 Å². The molecule has 16 heavy (non-hydrogen) atoms. The maximum atomic E-state index is 12.4. The molecule has 0 aliphatic carbocycles. The monoisotopic (exact) mass is 253 g/mol. The third kappa shape index (κ3) is 3.64. The highest BCUT2D eigenvalue weighted by Crippen LogP contribution is 2.26. The molecule has 1 heterocycles. The van der Waals surface area contributed by atoms with Gasteiger partial charge in [0.05, 0.1) is 5.69 Å². The molecule has 0 radical (unpaired) electrons. The van der Waals surface area contributed by atoms with Gasteiger partial charge < -0.3 is 10.6 Å². The van der Waals surface area contributed by atoms with Crippen molar-refractivity contribution in [3.05, 3.63) is 11.1 Å². The lowest BCUT2D eigenvalue weighted by atomic mass is 10.3. The van der Waals surface area contributed by atoms with Gasteiger partial charge in [0.25, 0.3) is 0 Å². The molecule has 1 rings (SSSR count). The molecule has 92 valence electrons. The van der Waals surface area contributed by atoms with Crippen LogP contribution in [0.4, 0.5) is 18.3 Å². The van der Waals surface area contributed by atoms with Gasteiger partial charge in [0.15, 0.2) is 5.13 Å². The van der Waals surface area contributed by atoms with E-state index in [4.69, 9.17) is 5.73 Å². The molecule has 0 aliphatic rings. The molecule has 0 fully saturated rings. The SMILES string of the molecule is CC(C)N(CC(F)(F)F)c1nc(CN)cs1. The summed E-state index contributed by atoms with van der Waals surface area (Å²) < 4.78 is 37.1. The number of alkyl halides is 3. The lowest BCUT2D eigenvalue weighted by Crippen LogP contribution is -2.39. The van der Waals surface area contributed by atoms with E-state index in [0.29, 0.717) is 10.8 Å². The van der Waals surface area contributed by atoms with Crippen molar-refractivity contribution in [3.63, 3.8) is 0 Å². The van der Waals surface area contributed by atoms with Crippen molar-refractivity contribution in [1.29, 1.82) is 0 Å². The van der Waals surface area contributed by atoms with Gasteiger partial charge >= 0.3 is 6.18 Å². The summed E-state index contributed by atoms with van der Waals surface area (Å²) in [5.41, 5.74) is 5.99. The Balaban J connectivity index is 2.85. The first-order chi connectivity index (χ1) is 7.33. The van der Waals surface area contributed by atoms with Crippen LogP contribution in [0, 0.1) is 0 Å². The minimum atomic E-state index is -4.22. The van der Waals surface area contributed by atoms with E-state index in [0.717, 1.165) is 0 Å². The minimum Gasteiger partial charge on any atom is -0.337 e. The zero-order valence-electron chi connectivity index (χ0n) is 9.08. The number of nitrogens with two attached hydrogens (primary N) is 1. The van der Waals surface area contributed by atoms with Crippen LogP contribution in [0.15, 0.2) is 5.38 Å². The van der Waals surface area contributed by atoms with Gasteiger partial charge in [-0.2, -0.15) is 13.2 Å². The number of rotatable bonds is 4. The van der Waals surface area contributed by atoms with Crippen LogP contribution in [0.1, 0.15) is 19.5 Å². The van der Waals surface area contributed by atoms with Crippen LogP contribution in [0.2, 0.25) is 0 Å². The second kappa shape index (κ2) is 5.01. The highest BCUT2D eigenvalue weighted by atomic mass is 32.1. The Bertz CT molecular complexity index is 335. The van der Waals surface area contributed by atoms with Crippen molar-refractivity contribution in [1.82, 2.24) is 4.98 Å². The van der Waals surface area contributed by atoms with Crippen LogP contribution in [0.5, 0.6) is 0 Å². The molecule has 0 aromatic carbocycles. The van der Waals surface area contributed by atoms with E-state index in [1.54, 1.807) is 19.2 Å². The molecule has 0 amide bonds. The molecular formula is C9H14F3N3S. The highest BCUT2D eigenvalue weighted by molar-refractivity contribution is 7.13. The summed E-state index contributed by atoms with van der Waals surface area (Å²) in [6, 6.07) is -0.251. The predicted octanol–water partition coefficient (Wildman–Crippen LogP) is 2.38. The van der Waals surface area contributed by atoms with E-state index in [-0.39, 0.29) is 12.6 Å². The Hall–Kier alpha value is -0.820. The summed E-state index contributed by atoms with van der Waals surface area (Å²) in [6.45, 7) is 2.67. The second-order valence-electron chi connectivity index (χ2n) is 3.66. The van der Waals surface area contributed by atoms with Crippen molar-refractivity contribution < 1.29 is 13.2 Å². The number of aromatic nitrogens is 1. The first-order valence-corrected chi connectivity index (χ1v) is 5.69. The molecular weight excluding hydrogens is 239 g/mol. The van der Waals surface area contributed by atoms with Crippen LogP contribution in [-0.2, 0) is 6.54 Å². The highest BCUT2D eigenvalue weighted by Gasteiger charge is 2.33. The van der Waals surface area contributed by atoms with Gasteiger partial charge in [-0.25, -0.2) is 4.98 Å². The van der Waals surface area contributed by atoms with Gasteiger partial charge in [-0.15, -0.1) is 11.3 Å². The van der Waals surface area contributed by atoms with Crippen LogP contribution in [0.3, 0.4) is 0 Å². The fourth-order valence-electron chi connectivity index (χ4n) is 1.19. The number of nitrogens with zero attached hydrogens (tertiary/aromatic N) is 2. The average molecular weight is 253 g/mol. The van der Waals surface area contributed by atoms with Gasteiger partial charge in [-0.05, 0) is 13.8 Å². The predicted molar refractivity (Wildman–Crippen MR) is 58.5 cm³/mol. The van der Waals surface area contributed by atoms with Gasteiger partial charge in [-0.1, -0.05) is 0 Å². The smallest absolute Gasteiger partial charge is 0.337 e. The Kier molecular flexibility index (Phi) is 4.15. The molecule has 3 nitrogen and oxygen atoms in total. The molecule has 1 aromatic rings. The number of anilines is 1. The first-order valence-electron chi connectivity index (χ1n) is 4.81. The van der Waals surface area contributed by atoms with E-state index in [1.165, 1.54) is 16.2 Å². The minimum absolute atomic E-state index is 0.244. The number of hydrogen-bond acceptors (Lipinski definition) is 4. The van der Waals surface area contributed by atoms with Crippen LogP contribution in [0.25, 0.3) is 0 Å². The first kappa shape index (κ1) is 13.2. The Morgan fingerprint density at radius 3 is 2.50 bits per heavy atom. The summed E-state index contributed by atoms with van der Waals surface area (Å²) in [5.74, 6) is 0. The van der Waals surface area contributed by atoms with Crippen LogP contribution >= 0.6 is 11.3 Å². The molecule has 0 unspecified atom stereocenters. The maximum Gasteiger partial charge on any atom is 0.406 e. The lowest BCUT2D eigenvalue weighted by molar-refractivity contribution is -0.120. The molecule has 0 aliphatic heterocycles. The average Bonchev–Trinajstić information content (AvgIpc) is 2.60. The number of hydrogen-bond donors (Lipinski definition) is 1. The van der Waals surface area contributed by atoms with Crippen LogP contribution in [-0.4, -0.2) is 23.7 Å². The zero-order valence-corrected chi connectivity index (χ0v) is 9.90. The maximum absolute atomic E-state index is 12.4. The van der Waals surface area contributed by atoms with Crippen molar-refractivity contribution >= 4 is 16.5 Å². The molecule has 0 saturated carbocycles. The third-order valence-electron chi connectivity index (χ3n) is 1.97. The summed E-state index contributed by atoms with van der Waals surface area (Å²) in [5, 5.41) is 2.05. The van der Waals surface area contributed by atoms with E-state index in [9.17, 15) is 13.2 Å². The standard InChI is InChI=1S/C9H14F3N3S/c1-6(2)15(5-9(10,11)12)8-14-7(3-13)4-16-8/h4,6H,3,5,13H2,1-2H3. The molecule has 2 N–H and O–H groups in total. The summed E-state index contributed by atoms with van der Waals surface area (Å²) in [4.78, 5) is 5.28. The van der Waals surface area contributed by atoms with Crippen LogP contribution < -0.4 is 10.6 Å². The molecule has 0 bridgehead atoms. The Morgan fingerprint density at radius 2 is 2.12 bits per heavy atom. The van der Waals surface area contributed by atoms with Crippen molar-refractivity contribution in [2.75, 3.05) is 11.4 Å².